The van der Waals surface area contributed by atoms with Crippen molar-refractivity contribution in [3.05, 3.63) is 12.2 Å². The average Bonchev–Trinajstić information content (AvgIpc) is 3.24. The zero-order chi connectivity index (χ0) is 43.8. The normalized spacial score (nSPS) is 13.2. The van der Waals surface area contributed by atoms with Crippen molar-refractivity contribution in [2.75, 3.05) is 6.61 Å². The maximum absolute atomic E-state index is 13.2. The fourth-order valence-corrected chi connectivity index (χ4v) is 8.49. The predicted molar refractivity (Wildman–Crippen MR) is 260 cm³/mol. The molecule has 356 valence electrons. The quantitative estimate of drug-likeness (QED) is 0.0322. The average molecular weight is 848 g/mol. The lowest BCUT2D eigenvalue weighted by Crippen LogP contribution is -2.46. The highest BCUT2D eigenvalue weighted by atomic mass is 16.5. The molecule has 0 radical (unpaired) electrons. The lowest BCUT2D eigenvalue weighted by atomic mass is 10.0. The maximum Gasteiger partial charge on any atom is 0.306 e. The molecule has 1 amide bonds. The standard InChI is InChI=1S/C54H105NO5/c1-4-7-10-13-16-19-22-24-26-28-29-31-33-36-39-42-45-50(60-54(59)47-44-41-38-35-32-30-27-25-23-20-17-14-11-8-5-2)48-53(58)55-51(49-56)52(57)46-43-40-37-34-21-18-15-12-9-6-3/h20,23,50-52,56-57H,4-19,21-22,24-49H2,1-3H3,(H,55,58)/b23-20-. The van der Waals surface area contributed by atoms with Crippen LogP contribution in [0.1, 0.15) is 297 Å². The Kier molecular flexibility index (Phi) is 47.5. The summed E-state index contributed by atoms with van der Waals surface area (Å²) in [5, 5.41) is 23.7. The van der Waals surface area contributed by atoms with E-state index in [1.165, 1.54) is 205 Å². The SMILES string of the molecule is CCCCCC/C=C\CCCCCCCCCC(=O)OC(CCCCCCCCCCCCCCCCCC)CC(=O)NC(CO)C(O)CCCCCCCCCCCC. The number of amides is 1. The molecule has 3 atom stereocenters. The molecule has 6 heteroatoms. The van der Waals surface area contributed by atoms with Crippen LogP contribution in [0.2, 0.25) is 0 Å². The molecule has 0 saturated carbocycles. The van der Waals surface area contributed by atoms with Gasteiger partial charge in [-0.2, -0.15) is 0 Å². The van der Waals surface area contributed by atoms with Crippen LogP contribution in [-0.2, 0) is 14.3 Å². The first kappa shape index (κ1) is 58.6. The van der Waals surface area contributed by atoms with Crippen LogP contribution in [-0.4, -0.2) is 46.9 Å². The van der Waals surface area contributed by atoms with E-state index >= 15 is 0 Å². The summed E-state index contributed by atoms with van der Waals surface area (Å²) in [4.78, 5) is 26.2. The molecule has 0 rings (SSSR count). The smallest absolute Gasteiger partial charge is 0.306 e. The van der Waals surface area contributed by atoms with E-state index in [-0.39, 0.29) is 24.9 Å². The van der Waals surface area contributed by atoms with E-state index in [2.05, 4.69) is 38.2 Å². The summed E-state index contributed by atoms with van der Waals surface area (Å²) >= 11 is 0. The second-order valence-electron chi connectivity index (χ2n) is 18.6. The Hall–Kier alpha value is -1.40. The highest BCUT2D eigenvalue weighted by Crippen LogP contribution is 2.19. The van der Waals surface area contributed by atoms with Crippen LogP contribution in [0.15, 0.2) is 12.2 Å². The lowest BCUT2D eigenvalue weighted by Gasteiger charge is -2.24. The third-order valence-corrected chi connectivity index (χ3v) is 12.6. The van der Waals surface area contributed by atoms with E-state index in [0.717, 1.165) is 44.9 Å². The van der Waals surface area contributed by atoms with E-state index in [4.69, 9.17) is 4.74 Å². The number of esters is 1. The fourth-order valence-electron chi connectivity index (χ4n) is 8.49. The second kappa shape index (κ2) is 48.6. The van der Waals surface area contributed by atoms with Crippen molar-refractivity contribution >= 4 is 11.9 Å². The highest BCUT2D eigenvalue weighted by Gasteiger charge is 2.24. The molecule has 0 heterocycles. The summed E-state index contributed by atoms with van der Waals surface area (Å²) < 4.78 is 5.95. The molecule has 0 aliphatic rings. The molecule has 6 nitrogen and oxygen atoms in total. The second-order valence-corrected chi connectivity index (χ2v) is 18.6. The fraction of sp³-hybridized carbons (Fsp3) is 0.926. The Morgan fingerprint density at radius 2 is 0.800 bits per heavy atom. The summed E-state index contributed by atoms with van der Waals surface area (Å²) in [5.74, 6) is -0.460. The van der Waals surface area contributed by atoms with E-state index < -0.39 is 18.2 Å². The maximum atomic E-state index is 13.2. The number of allylic oxidation sites excluding steroid dienone is 2. The highest BCUT2D eigenvalue weighted by molar-refractivity contribution is 5.77. The van der Waals surface area contributed by atoms with Crippen molar-refractivity contribution in [2.45, 2.75) is 315 Å². The van der Waals surface area contributed by atoms with Gasteiger partial charge in [-0.1, -0.05) is 245 Å². The molecule has 0 aromatic heterocycles. The van der Waals surface area contributed by atoms with Gasteiger partial charge in [0.25, 0.3) is 0 Å². The van der Waals surface area contributed by atoms with Gasteiger partial charge in [-0.25, -0.2) is 0 Å². The van der Waals surface area contributed by atoms with Crippen molar-refractivity contribution in [1.82, 2.24) is 5.32 Å². The van der Waals surface area contributed by atoms with Gasteiger partial charge in [0.1, 0.15) is 6.10 Å². The molecule has 3 unspecified atom stereocenters. The van der Waals surface area contributed by atoms with E-state index in [1.807, 2.05) is 0 Å². The number of nitrogens with one attached hydrogen (secondary N) is 1. The first-order valence-electron chi connectivity index (χ1n) is 26.9. The number of hydrogen-bond acceptors (Lipinski definition) is 5. The van der Waals surface area contributed by atoms with Crippen LogP contribution in [0.3, 0.4) is 0 Å². The van der Waals surface area contributed by atoms with Gasteiger partial charge < -0.3 is 20.3 Å². The minimum Gasteiger partial charge on any atom is -0.462 e. The molecule has 60 heavy (non-hydrogen) atoms. The van der Waals surface area contributed by atoms with Crippen LogP contribution < -0.4 is 5.32 Å². The van der Waals surface area contributed by atoms with Gasteiger partial charge in [0, 0.05) is 6.42 Å². The molecule has 0 fully saturated rings. The van der Waals surface area contributed by atoms with Gasteiger partial charge in [-0.15, -0.1) is 0 Å². The number of rotatable bonds is 49. The molecular weight excluding hydrogens is 743 g/mol. The predicted octanol–water partition coefficient (Wildman–Crippen LogP) is 16.1. The topological polar surface area (TPSA) is 95.9 Å². The number of carbonyl (C=O) groups is 2. The molecule has 0 bridgehead atoms. The first-order chi connectivity index (χ1) is 29.5. The van der Waals surface area contributed by atoms with Crippen LogP contribution >= 0.6 is 0 Å². The Morgan fingerprint density at radius 3 is 1.20 bits per heavy atom. The van der Waals surface area contributed by atoms with Gasteiger partial charge in [0.15, 0.2) is 0 Å². The molecule has 0 aliphatic heterocycles. The van der Waals surface area contributed by atoms with E-state index in [0.29, 0.717) is 19.3 Å². The number of aliphatic hydroxyl groups excluding tert-OH is 2. The van der Waals surface area contributed by atoms with Gasteiger partial charge >= 0.3 is 5.97 Å². The van der Waals surface area contributed by atoms with Crippen LogP contribution in [0.25, 0.3) is 0 Å². The first-order valence-corrected chi connectivity index (χ1v) is 26.9. The Balaban J connectivity index is 4.53. The molecule has 0 spiro atoms. The van der Waals surface area contributed by atoms with Gasteiger partial charge in [-0.3, -0.25) is 9.59 Å². The summed E-state index contributed by atoms with van der Waals surface area (Å²) in [6, 6.07) is -0.695. The van der Waals surface area contributed by atoms with Crippen LogP contribution in [0.5, 0.6) is 0 Å². The van der Waals surface area contributed by atoms with Gasteiger partial charge in [-0.05, 0) is 51.4 Å². The molecular formula is C54H105NO5. The minimum atomic E-state index is -0.781. The van der Waals surface area contributed by atoms with Crippen LogP contribution in [0.4, 0.5) is 0 Å². The summed E-state index contributed by atoms with van der Waals surface area (Å²) in [6.45, 7) is 6.49. The molecule has 0 aliphatic carbocycles. The largest absolute Gasteiger partial charge is 0.462 e. The van der Waals surface area contributed by atoms with Crippen molar-refractivity contribution in [3.63, 3.8) is 0 Å². The number of hydrogen-bond donors (Lipinski definition) is 3. The van der Waals surface area contributed by atoms with Crippen LogP contribution in [0, 0.1) is 0 Å². The Labute approximate surface area is 374 Å². The lowest BCUT2D eigenvalue weighted by molar-refractivity contribution is -0.151. The number of carbonyl (C=O) groups excluding carboxylic acids is 2. The number of unbranched alkanes of at least 4 members (excludes halogenated alkanes) is 35. The van der Waals surface area contributed by atoms with E-state index in [1.54, 1.807) is 0 Å². The molecule has 0 saturated heterocycles. The Bertz CT molecular complexity index is 909. The molecule has 3 N–H and O–H groups in total. The zero-order valence-corrected chi connectivity index (χ0v) is 40.6. The minimum absolute atomic E-state index is 0.0833. The van der Waals surface area contributed by atoms with E-state index in [9.17, 15) is 19.8 Å². The summed E-state index contributed by atoms with van der Waals surface area (Å²) in [5.41, 5.74) is 0. The van der Waals surface area contributed by atoms with Gasteiger partial charge in [0.05, 0.1) is 25.2 Å². The van der Waals surface area contributed by atoms with Crippen molar-refractivity contribution in [3.8, 4) is 0 Å². The molecule has 0 aromatic rings. The van der Waals surface area contributed by atoms with Crippen molar-refractivity contribution < 1.29 is 24.5 Å². The third kappa shape index (κ3) is 43.3. The van der Waals surface area contributed by atoms with Crippen molar-refractivity contribution in [2.24, 2.45) is 0 Å². The third-order valence-electron chi connectivity index (χ3n) is 12.6. The Morgan fingerprint density at radius 1 is 0.467 bits per heavy atom. The number of aliphatic hydroxyl groups is 2. The summed E-state index contributed by atoms with van der Waals surface area (Å²) in [6.07, 6.45) is 54.1. The zero-order valence-electron chi connectivity index (χ0n) is 40.6. The van der Waals surface area contributed by atoms with Gasteiger partial charge in [0.2, 0.25) is 5.91 Å². The summed E-state index contributed by atoms with van der Waals surface area (Å²) in [7, 11) is 0. The monoisotopic (exact) mass is 848 g/mol. The van der Waals surface area contributed by atoms with Crippen molar-refractivity contribution in [1.29, 1.82) is 0 Å². The molecule has 0 aromatic carbocycles. The number of ether oxygens (including phenoxy) is 1.